The molecule has 6 heteroatoms. The summed E-state index contributed by atoms with van der Waals surface area (Å²) in [5.41, 5.74) is 4.20. The Hall–Kier alpha value is -2.70. The topological polar surface area (TPSA) is 45.7 Å². The molecule has 0 unspecified atom stereocenters. The first-order valence-corrected chi connectivity index (χ1v) is 10.1. The van der Waals surface area contributed by atoms with Gasteiger partial charge in [-0.15, -0.1) is 0 Å². The van der Waals surface area contributed by atoms with Crippen molar-refractivity contribution in [3.8, 4) is 11.1 Å². The zero-order chi connectivity index (χ0) is 19.1. The predicted octanol–water partition coefficient (Wildman–Crippen LogP) is 5.98. The fourth-order valence-corrected chi connectivity index (χ4v) is 3.96. The van der Waals surface area contributed by atoms with Gasteiger partial charge in [0.25, 0.3) is 0 Å². The zero-order valence-electron chi connectivity index (χ0n) is 15.1. The Morgan fingerprint density at radius 2 is 1.89 bits per heavy atom. The summed E-state index contributed by atoms with van der Waals surface area (Å²) >= 11 is 3.41. The third kappa shape index (κ3) is 5.15. The average Bonchev–Trinajstić information content (AvgIpc) is 3.24. The van der Waals surface area contributed by atoms with Crippen LogP contribution in [-0.2, 0) is 4.74 Å². The number of methoxy groups -OCH3 is 1. The molecule has 0 saturated carbocycles. The molecule has 27 heavy (non-hydrogen) atoms. The van der Waals surface area contributed by atoms with Gasteiger partial charge in [0.15, 0.2) is 5.88 Å². The Kier molecular flexibility index (Phi) is 6.57. The highest BCUT2D eigenvalue weighted by Crippen LogP contribution is 2.35. The molecule has 0 aliphatic carbocycles. The van der Waals surface area contributed by atoms with E-state index in [1.165, 1.54) is 16.0 Å². The molecule has 0 bridgehead atoms. The van der Waals surface area contributed by atoms with Crippen LogP contribution in [0.1, 0.15) is 0 Å². The van der Waals surface area contributed by atoms with Crippen molar-refractivity contribution in [1.29, 1.82) is 0 Å². The maximum Gasteiger partial charge on any atom is 0.180 e. The zero-order valence-corrected chi connectivity index (χ0v) is 16.7. The average molecular weight is 396 g/mol. The molecule has 0 fully saturated rings. The molecule has 3 aromatic rings. The third-order valence-electron chi connectivity index (χ3n) is 3.89. The number of benzene rings is 2. The second-order valence-corrected chi connectivity index (χ2v) is 7.56. The second kappa shape index (κ2) is 9.30. The summed E-state index contributed by atoms with van der Waals surface area (Å²) in [6.45, 7) is 7.89. The lowest BCUT2D eigenvalue weighted by Crippen LogP contribution is -2.21. The van der Waals surface area contributed by atoms with Crippen LogP contribution in [0.15, 0.2) is 86.5 Å². The molecule has 0 aliphatic rings. The molecule has 1 heterocycles. The van der Waals surface area contributed by atoms with Crippen LogP contribution >= 0.6 is 23.1 Å². The number of nitrogens with one attached hydrogen (secondary N) is 2. The molecule has 3 rings (SSSR count). The van der Waals surface area contributed by atoms with Crippen LogP contribution in [-0.4, -0.2) is 20.5 Å². The van der Waals surface area contributed by atoms with E-state index in [1.807, 2.05) is 12.1 Å². The molecule has 0 amide bonds. The van der Waals surface area contributed by atoms with Crippen LogP contribution in [0.3, 0.4) is 0 Å². The van der Waals surface area contributed by atoms with E-state index >= 15 is 0 Å². The number of hydrogen-bond acceptors (Lipinski definition) is 6. The number of thiophene rings is 1. The third-order valence-corrected chi connectivity index (χ3v) is 5.58. The number of ether oxygens (including phenoxy) is 1. The Balaban J connectivity index is 1.66. The van der Waals surface area contributed by atoms with Crippen molar-refractivity contribution in [3.05, 3.63) is 71.8 Å². The summed E-state index contributed by atoms with van der Waals surface area (Å²) in [6, 6.07) is 16.8. The lowest BCUT2D eigenvalue weighted by molar-refractivity contribution is 0.266. The molecule has 4 nitrogen and oxygen atoms in total. The summed E-state index contributed by atoms with van der Waals surface area (Å²) < 4.78 is 4.98. The fraction of sp³-hybridized carbons (Fsp3) is 0.0952. The fourth-order valence-electron chi connectivity index (χ4n) is 2.45. The number of hydrogen-bond donors (Lipinski definition) is 2. The first-order valence-electron chi connectivity index (χ1n) is 8.31. The van der Waals surface area contributed by atoms with Gasteiger partial charge in [-0.25, -0.2) is 0 Å². The highest BCUT2D eigenvalue weighted by atomic mass is 32.2. The molecule has 0 aliphatic heterocycles. The van der Waals surface area contributed by atoms with Gasteiger partial charge in [-0.2, -0.15) is 11.3 Å². The monoisotopic (exact) mass is 395 g/mol. The first kappa shape index (κ1) is 19.1. The van der Waals surface area contributed by atoms with Crippen molar-refractivity contribution in [2.75, 3.05) is 19.1 Å². The Bertz CT molecular complexity index is 906. The summed E-state index contributed by atoms with van der Waals surface area (Å²) in [5.74, 6) is 0.508. The first-order chi connectivity index (χ1) is 13.2. The van der Waals surface area contributed by atoms with Crippen LogP contribution in [0.5, 0.6) is 0 Å². The van der Waals surface area contributed by atoms with Crippen LogP contribution in [0.4, 0.5) is 11.4 Å². The van der Waals surface area contributed by atoms with Gasteiger partial charge in [0.2, 0.25) is 0 Å². The van der Waals surface area contributed by atoms with E-state index < -0.39 is 0 Å². The van der Waals surface area contributed by atoms with Gasteiger partial charge in [-0.05, 0) is 71.6 Å². The molecule has 2 aromatic carbocycles. The number of anilines is 1. The second-order valence-electron chi connectivity index (χ2n) is 5.63. The Labute approximate surface area is 168 Å². The van der Waals surface area contributed by atoms with Crippen LogP contribution < -0.4 is 10.6 Å². The van der Waals surface area contributed by atoms with Gasteiger partial charge in [0.1, 0.15) is 0 Å². The van der Waals surface area contributed by atoms with Crippen molar-refractivity contribution in [2.24, 2.45) is 4.99 Å². The normalized spacial score (nSPS) is 10.3. The van der Waals surface area contributed by atoms with E-state index in [9.17, 15) is 0 Å². The SMILES string of the molecule is C=Nc1cc(Sc2ccc(-c3ccsc3)cc2)ccc1NCNC(=C)OC. The van der Waals surface area contributed by atoms with Gasteiger partial charge in [-0.1, -0.05) is 23.9 Å². The van der Waals surface area contributed by atoms with Gasteiger partial charge >= 0.3 is 0 Å². The minimum Gasteiger partial charge on any atom is -0.483 e. The van der Waals surface area contributed by atoms with Gasteiger partial charge in [0.05, 0.1) is 25.2 Å². The number of aliphatic imine (C=N–C) groups is 1. The lowest BCUT2D eigenvalue weighted by atomic mass is 10.1. The highest BCUT2D eigenvalue weighted by molar-refractivity contribution is 7.99. The van der Waals surface area contributed by atoms with E-state index in [-0.39, 0.29) is 0 Å². The largest absolute Gasteiger partial charge is 0.483 e. The molecule has 0 radical (unpaired) electrons. The van der Waals surface area contributed by atoms with Gasteiger partial charge in [0, 0.05) is 9.79 Å². The van der Waals surface area contributed by atoms with Crippen molar-refractivity contribution in [1.82, 2.24) is 5.32 Å². The van der Waals surface area contributed by atoms with Crippen molar-refractivity contribution in [3.63, 3.8) is 0 Å². The highest BCUT2D eigenvalue weighted by Gasteiger charge is 2.05. The van der Waals surface area contributed by atoms with Gasteiger partial charge in [-0.3, -0.25) is 4.99 Å². The minimum absolute atomic E-state index is 0.492. The van der Waals surface area contributed by atoms with E-state index in [4.69, 9.17) is 4.74 Å². The van der Waals surface area contributed by atoms with Crippen LogP contribution in [0, 0.1) is 0 Å². The van der Waals surface area contributed by atoms with E-state index in [0.29, 0.717) is 12.6 Å². The molecular formula is C21H21N3OS2. The lowest BCUT2D eigenvalue weighted by Gasteiger charge is -2.13. The number of rotatable bonds is 9. The minimum atomic E-state index is 0.492. The summed E-state index contributed by atoms with van der Waals surface area (Å²) in [4.78, 5) is 6.43. The van der Waals surface area contributed by atoms with Gasteiger partial charge < -0.3 is 15.4 Å². The summed E-state index contributed by atoms with van der Waals surface area (Å²) in [6.07, 6.45) is 0. The maximum absolute atomic E-state index is 4.98. The van der Waals surface area contributed by atoms with E-state index in [2.05, 4.69) is 76.1 Å². The molecule has 1 aromatic heterocycles. The Morgan fingerprint density at radius 1 is 1.11 bits per heavy atom. The quantitative estimate of drug-likeness (QED) is 0.266. The van der Waals surface area contributed by atoms with Crippen molar-refractivity contribution >= 4 is 41.2 Å². The van der Waals surface area contributed by atoms with E-state index in [1.54, 1.807) is 30.2 Å². The van der Waals surface area contributed by atoms with Crippen molar-refractivity contribution < 1.29 is 4.74 Å². The smallest absolute Gasteiger partial charge is 0.180 e. The summed E-state index contributed by atoms with van der Waals surface area (Å²) in [7, 11) is 1.57. The molecule has 0 saturated heterocycles. The molecule has 138 valence electrons. The molecule has 0 spiro atoms. The Morgan fingerprint density at radius 3 is 2.56 bits per heavy atom. The van der Waals surface area contributed by atoms with Crippen LogP contribution in [0.2, 0.25) is 0 Å². The predicted molar refractivity (Wildman–Crippen MR) is 117 cm³/mol. The maximum atomic E-state index is 4.98. The van der Waals surface area contributed by atoms with E-state index in [0.717, 1.165) is 16.3 Å². The molecule has 2 N–H and O–H groups in total. The summed E-state index contributed by atoms with van der Waals surface area (Å²) in [5, 5.41) is 10.5. The standard InChI is InChI=1S/C21H21N3OS2/c1-15(25-3)23-14-24-20-9-8-19(12-21(20)22-2)27-18-6-4-16(5-7-18)17-10-11-26-13-17/h4-13,23-24H,1-2,14H2,3H3. The molecule has 0 atom stereocenters. The number of nitrogens with zero attached hydrogens (tertiary/aromatic N) is 1. The van der Waals surface area contributed by atoms with Crippen LogP contribution in [0.25, 0.3) is 11.1 Å². The molecular weight excluding hydrogens is 374 g/mol. The van der Waals surface area contributed by atoms with Crippen molar-refractivity contribution in [2.45, 2.75) is 9.79 Å².